The predicted molar refractivity (Wildman–Crippen MR) is 136 cm³/mol. The topological polar surface area (TPSA) is 81.1 Å². The highest BCUT2D eigenvalue weighted by Gasteiger charge is 2.30. The van der Waals surface area contributed by atoms with E-state index in [1.54, 1.807) is 36.4 Å². The van der Waals surface area contributed by atoms with E-state index in [0.29, 0.717) is 17.6 Å². The Morgan fingerprint density at radius 3 is 2.09 bits per heavy atom. The molecule has 2 aliphatic rings. The van der Waals surface area contributed by atoms with Gasteiger partial charge >= 0.3 is 0 Å². The van der Waals surface area contributed by atoms with Gasteiger partial charge < -0.3 is 15.4 Å². The summed E-state index contributed by atoms with van der Waals surface area (Å²) in [6, 6.07) is 15.8. The Balaban J connectivity index is 0.000000272. The van der Waals surface area contributed by atoms with Crippen LogP contribution in [0.3, 0.4) is 0 Å². The molecule has 7 heteroatoms. The Kier molecular flexibility index (Phi) is 9.69. The zero-order valence-corrected chi connectivity index (χ0v) is 21.1. The van der Waals surface area contributed by atoms with E-state index < -0.39 is 0 Å². The van der Waals surface area contributed by atoms with Crippen molar-refractivity contribution in [2.75, 3.05) is 0 Å². The lowest BCUT2D eigenvalue weighted by Crippen LogP contribution is -2.17. The first-order chi connectivity index (χ1) is 16.4. The molecular weight excluding hydrogens is 497 g/mol. The van der Waals surface area contributed by atoms with Gasteiger partial charge in [0, 0.05) is 18.2 Å². The third-order valence-electron chi connectivity index (χ3n) is 6.52. The molecule has 0 unspecified atom stereocenters. The summed E-state index contributed by atoms with van der Waals surface area (Å²) in [5.74, 6) is 3.45. The van der Waals surface area contributed by atoms with Crippen molar-refractivity contribution in [2.24, 2.45) is 11.7 Å². The van der Waals surface area contributed by atoms with Crippen LogP contribution in [-0.4, -0.2) is 21.1 Å². The van der Waals surface area contributed by atoms with Crippen LogP contribution in [0, 0.1) is 18.7 Å². The number of carbonyl (C=O) groups is 1. The van der Waals surface area contributed by atoms with Crippen LogP contribution in [0.4, 0.5) is 4.39 Å². The Morgan fingerprint density at radius 1 is 1.03 bits per heavy atom. The average molecular weight is 530 g/mol. The molecular formula is C27H33BrFN3O2. The first kappa shape index (κ1) is 25.9. The van der Waals surface area contributed by atoms with Gasteiger partial charge in [-0.25, -0.2) is 9.37 Å². The highest BCUT2D eigenvalue weighted by Crippen LogP contribution is 2.42. The number of benzene rings is 2. The van der Waals surface area contributed by atoms with Gasteiger partial charge in [0.2, 0.25) is 6.41 Å². The number of aromatic nitrogens is 2. The highest BCUT2D eigenvalue weighted by molar-refractivity contribution is 9.10. The number of halogens is 2. The Morgan fingerprint density at radius 2 is 1.59 bits per heavy atom. The molecule has 3 N–H and O–H groups in total. The van der Waals surface area contributed by atoms with Crippen LogP contribution >= 0.6 is 15.9 Å². The van der Waals surface area contributed by atoms with Crippen LogP contribution in [0.1, 0.15) is 67.4 Å². The third-order valence-corrected chi connectivity index (χ3v) is 7.27. The van der Waals surface area contributed by atoms with Crippen molar-refractivity contribution in [3.05, 3.63) is 82.1 Å². The standard InChI is InChI=1S/C20H24BrFN2.C6H6O.CH3NO/c1-13-19(21)23-20(24(13)12-14-2-3-14)17-6-4-15(5-7-17)16-8-10-18(22)11-9-16;7-6-4-2-1-3-5-6;2-1-3/h8-11,14-15,17H,2-7,12H2,1H3;1-5,7H;1H,(H2,2,3). The molecule has 1 aromatic heterocycles. The molecule has 182 valence electrons. The molecule has 5 nitrogen and oxygen atoms in total. The first-order valence-corrected chi connectivity index (χ1v) is 12.6. The maximum atomic E-state index is 13.1. The maximum Gasteiger partial charge on any atom is 0.204 e. The summed E-state index contributed by atoms with van der Waals surface area (Å²) in [6.07, 6.45) is 7.68. The fourth-order valence-electron chi connectivity index (χ4n) is 4.47. The number of aromatic hydroxyl groups is 1. The van der Waals surface area contributed by atoms with Crippen molar-refractivity contribution in [1.29, 1.82) is 0 Å². The van der Waals surface area contributed by atoms with Crippen LogP contribution in [0.15, 0.2) is 59.2 Å². The van der Waals surface area contributed by atoms with Crippen LogP contribution in [0.2, 0.25) is 0 Å². The molecule has 1 amide bonds. The number of rotatable bonds is 4. The van der Waals surface area contributed by atoms with Gasteiger partial charge in [-0.3, -0.25) is 4.79 Å². The van der Waals surface area contributed by atoms with E-state index in [-0.39, 0.29) is 12.2 Å². The number of para-hydroxylation sites is 1. The minimum Gasteiger partial charge on any atom is -0.508 e. The molecule has 0 radical (unpaired) electrons. The second-order valence-electron chi connectivity index (χ2n) is 8.97. The van der Waals surface area contributed by atoms with E-state index in [1.807, 2.05) is 18.2 Å². The van der Waals surface area contributed by atoms with Crippen LogP contribution in [0.25, 0.3) is 0 Å². The van der Waals surface area contributed by atoms with Gasteiger partial charge in [-0.15, -0.1) is 0 Å². The van der Waals surface area contributed by atoms with E-state index >= 15 is 0 Å². The average Bonchev–Trinajstić information content (AvgIpc) is 3.62. The Labute approximate surface area is 209 Å². The fourth-order valence-corrected chi connectivity index (χ4v) is 4.87. The molecule has 0 atom stereocenters. The second-order valence-corrected chi connectivity index (χ2v) is 9.72. The van der Waals surface area contributed by atoms with Crippen molar-refractivity contribution in [1.82, 2.24) is 9.55 Å². The van der Waals surface area contributed by atoms with E-state index in [4.69, 9.17) is 14.9 Å². The van der Waals surface area contributed by atoms with Gasteiger partial charge in [0.25, 0.3) is 0 Å². The number of phenols is 1. The van der Waals surface area contributed by atoms with Gasteiger partial charge in [0.15, 0.2) is 0 Å². The van der Waals surface area contributed by atoms with Crippen molar-refractivity contribution < 1.29 is 14.3 Å². The zero-order valence-electron chi connectivity index (χ0n) is 19.5. The lowest BCUT2D eigenvalue weighted by Gasteiger charge is -2.29. The number of hydrogen-bond donors (Lipinski definition) is 2. The van der Waals surface area contributed by atoms with E-state index in [9.17, 15) is 4.39 Å². The summed E-state index contributed by atoms with van der Waals surface area (Å²) in [7, 11) is 0. The molecule has 2 fully saturated rings. The molecule has 0 saturated heterocycles. The minimum atomic E-state index is -0.144. The van der Waals surface area contributed by atoms with E-state index in [2.05, 4.69) is 33.2 Å². The Hall–Kier alpha value is -2.67. The minimum absolute atomic E-state index is 0.144. The summed E-state index contributed by atoms with van der Waals surface area (Å²) >= 11 is 3.63. The lowest BCUT2D eigenvalue weighted by atomic mass is 9.78. The predicted octanol–water partition coefficient (Wildman–Crippen LogP) is 6.44. The quantitative estimate of drug-likeness (QED) is 0.381. The van der Waals surface area contributed by atoms with Gasteiger partial charge in [0.05, 0.1) is 0 Å². The van der Waals surface area contributed by atoms with Gasteiger partial charge in [-0.1, -0.05) is 30.3 Å². The van der Waals surface area contributed by atoms with Crippen LogP contribution in [0.5, 0.6) is 5.75 Å². The first-order valence-electron chi connectivity index (χ1n) is 11.8. The SMILES string of the molecule is Cc1c(Br)nc(C2CCC(c3ccc(F)cc3)CC2)n1CC1CC1.NC=O.Oc1ccccc1. The van der Waals surface area contributed by atoms with Crippen molar-refractivity contribution >= 4 is 22.3 Å². The van der Waals surface area contributed by atoms with Crippen molar-refractivity contribution in [3.8, 4) is 5.75 Å². The molecule has 0 spiro atoms. The molecule has 5 rings (SSSR count). The fraction of sp³-hybridized carbons (Fsp3) is 0.407. The maximum absolute atomic E-state index is 13.1. The lowest BCUT2D eigenvalue weighted by molar-refractivity contribution is -0.106. The van der Waals surface area contributed by atoms with Gasteiger partial charge in [-0.05, 0) is 103 Å². The number of hydrogen-bond acceptors (Lipinski definition) is 3. The monoisotopic (exact) mass is 529 g/mol. The van der Waals surface area contributed by atoms with Crippen molar-refractivity contribution in [3.63, 3.8) is 0 Å². The summed E-state index contributed by atoms with van der Waals surface area (Å²) in [5.41, 5.74) is 6.73. The number of primary amides is 1. The molecule has 1 heterocycles. The number of carbonyl (C=O) groups excluding carboxylic acids is 1. The molecule has 3 aromatic rings. The summed E-state index contributed by atoms with van der Waals surface area (Å²) in [4.78, 5) is 13.4. The summed E-state index contributed by atoms with van der Waals surface area (Å²) in [5, 5.41) is 8.63. The number of phenolic OH excluding ortho intramolecular Hbond substituents is 1. The molecule has 2 aromatic carbocycles. The van der Waals surface area contributed by atoms with E-state index in [0.717, 1.165) is 17.1 Å². The second kappa shape index (κ2) is 12.7. The van der Waals surface area contributed by atoms with Crippen LogP contribution in [-0.2, 0) is 11.3 Å². The number of nitrogens with zero attached hydrogens (tertiary/aromatic N) is 2. The van der Waals surface area contributed by atoms with Crippen LogP contribution < -0.4 is 5.73 Å². The Bertz CT molecular complexity index is 1030. The number of nitrogens with two attached hydrogens (primary N) is 1. The molecule has 2 aliphatic carbocycles. The number of amides is 1. The van der Waals surface area contributed by atoms with Gasteiger partial charge in [0.1, 0.15) is 22.0 Å². The number of imidazole rings is 1. The smallest absolute Gasteiger partial charge is 0.204 e. The van der Waals surface area contributed by atoms with Crippen molar-refractivity contribution in [2.45, 2.75) is 63.8 Å². The summed E-state index contributed by atoms with van der Waals surface area (Å²) in [6.45, 7) is 3.31. The molecule has 34 heavy (non-hydrogen) atoms. The largest absolute Gasteiger partial charge is 0.508 e. The normalized spacial score (nSPS) is 19.3. The molecule has 2 saturated carbocycles. The molecule has 0 bridgehead atoms. The molecule has 0 aliphatic heterocycles. The highest BCUT2D eigenvalue weighted by atomic mass is 79.9. The van der Waals surface area contributed by atoms with Gasteiger partial charge in [-0.2, -0.15) is 0 Å². The summed E-state index contributed by atoms with van der Waals surface area (Å²) < 4.78 is 16.6. The third kappa shape index (κ3) is 7.42. The zero-order chi connectivity index (χ0) is 24.5. The van der Waals surface area contributed by atoms with E-state index in [1.165, 1.54) is 55.6 Å².